The molecule has 0 atom stereocenters. The molecule has 4 aromatic rings. The quantitative estimate of drug-likeness (QED) is 0.399. The van der Waals surface area contributed by atoms with Crippen LogP contribution < -0.4 is 14.2 Å². The van der Waals surface area contributed by atoms with Gasteiger partial charge in [0.25, 0.3) is 0 Å². The highest BCUT2D eigenvalue weighted by Crippen LogP contribution is 2.38. The van der Waals surface area contributed by atoms with Gasteiger partial charge in [0, 0.05) is 11.1 Å². The maximum atomic E-state index is 6.00. The summed E-state index contributed by atoms with van der Waals surface area (Å²) in [7, 11) is 3.19. The summed E-state index contributed by atoms with van der Waals surface area (Å²) in [6, 6.07) is 23.4. The minimum Gasteiger partial charge on any atom is -0.493 e. The van der Waals surface area contributed by atoms with Crippen LogP contribution in [0.25, 0.3) is 11.4 Å². The average Bonchev–Trinajstić information content (AvgIpc) is 3.31. The molecule has 0 bridgehead atoms. The van der Waals surface area contributed by atoms with E-state index in [1.165, 1.54) is 0 Å². The number of ether oxygens (including phenoxy) is 3. The van der Waals surface area contributed by atoms with Crippen molar-refractivity contribution in [2.75, 3.05) is 14.2 Å². The SMILES string of the molecule is COc1cc(/C=N\n2cnnc2-c2ccccc2)cc(OC)c1OCc1ccccc1. The Morgan fingerprint density at radius 2 is 1.55 bits per heavy atom. The molecule has 0 aliphatic heterocycles. The van der Waals surface area contributed by atoms with Gasteiger partial charge >= 0.3 is 0 Å². The highest BCUT2D eigenvalue weighted by molar-refractivity contribution is 5.82. The summed E-state index contributed by atoms with van der Waals surface area (Å²) in [5, 5.41) is 12.6. The van der Waals surface area contributed by atoms with Crippen LogP contribution in [0.5, 0.6) is 17.2 Å². The van der Waals surface area contributed by atoms with Gasteiger partial charge in [-0.3, -0.25) is 0 Å². The normalized spacial score (nSPS) is 10.9. The van der Waals surface area contributed by atoms with Crippen LogP contribution >= 0.6 is 0 Å². The third kappa shape index (κ3) is 4.72. The molecule has 0 aliphatic carbocycles. The second-order valence-electron chi connectivity index (χ2n) is 6.64. The van der Waals surface area contributed by atoms with E-state index < -0.39 is 0 Å². The molecule has 156 valence electrons. The molecule has 31 heavy (non-hydrogen) atoms. The fourth-order valence-electron chi connectivity index (χ4n) is 3.07. The smallest absolute Gasteiger partial charge is 0.203 e. The molecule has 0 fully saturated rings. The molecule has 0 unspecified atom stereocenters. The van der Waals surface area contributed by atoms with Crippen molar-refractivity contribution < 1.29 is 14.2 Å². The molecular weight excluding hydrogens is 392 g/mol. The zero-order chi connectivity index (χ0) is 21.5. The number of hydrogen-bond acceptors (Lipinski definition) is 6. The van der Waals surface area contributed by atoms with E-state index >= 15 is 0 Å². The molecule has 0 saturated carbocycles. The van der Waals surface area contributed by atoms with E-state index in [9.17, 15) is 0 Å². The zero-order valence-electron chi connectivity index (χ0n) is 17.3. The first-order valence-electron chi connectivity index (χ1n) is 9.71. The van der Waals surface area contributed by atoms with Gasteiger partial charge in [-0.15, -0.1) is 10.2 Å². The van der Waals surface area contributed by atoms with Crippen molar-refractivity contribution in [3.63, 3.8) is 0 Å². The molecule has 0 saturated heterocycles. The molecule has 0 aliphatic rings. The maximum absolute atomic E-state index is 6.00. The Hall–Kier alpha value is -4.13. The predicted octanol–water partition coefficient (Wildman–Crippen LogP) is 4.42. The highest BCUT2D eigenvalue weighted by Gasteiger charge is 2.14. The summed E-state index contributed by atoms with van der Waals surface area (Å²) >= 11 is 0. The Morgan fingerprint density at radius 1 is 0.903 bits per heavy atom. The third-order valence-electron chi connectivity index (χ3n) is 4.60. The molecule has 0 amide bonds. The van der Waals surface area contributed by atoms with Crippen molar-refractivity contribution in [2.45, 2.75) is 6.61 Å². The van der Waals surface area contributed by atoms with Crippen LogP contribution in [-0.4, -0.2) is 35.3 Å². The minimum absolute atomic E-state index is 0.405. The molecular formula is C24H22N4O3. The zero-order valence-corrected chi connectivity index (χ0v) is 17.3. The van der Waals surface area contributed by atoms with E-state index in [1.54, 1.807) is 31.4 Å². The molecule has 7 nitrogen and oxygen atoms in total. The van der Waals surface area contributed by atoms with E-state index in [1.807, 2.05) is 72.8 Å². The minimum atomic E-state index is 0.405. The Balaban J connectivity index is 1.59. The van der Waals surface area contributed by atoms with Crippen LogP contribution in [0.1, 0.15) is 11.1 Å². The Kier molecular flexibility index (Phi) is 6.23. The van der Waals surface area contributed by atoms with E-state index in [-0.39, 0.29) is 0 Å². The first kappa shape index (κ1) is 20.2. The van der Waals surface area contributed by atoms with Crippen LogP contribution in [0.15, 0.2) is 84.2 Å². The van der Waals surface area contributed by atoms with Crippen molar-refractivity contribution in [3.05, 3.63) is 90.3 Å². The number of methoxy groups -OCH3 is 2. The van der Waals surface area contributed by atoms with Gasteiger partial charge in [-0.25, -0.2) is 0 Å². The molecule has 1 heterocycles. The fraction of sp³-hybridized carbons (Fsp3) is 0.125. The molecule has 3 aromatic carbocycles. The first-order valence-corrected chi connectivity index (χ1v) is 9.71. The molecule has 7 heteroatoms. The first-order chi connectivity index (χ1) is 15.3. The van der Waals surface area contributed by atoms with E-state index in [2.05, 4.69) is 15.3 Å². The topological polar surface area (TPSA) is 70.8 Å². The van der Waals surface area contributed by atoms with Crippen LogP contribution in [0, 0.1) is 0 Å². The summed E-state index contributed by atoms with van der Waals surface area (Å²) in [6.45, 7) is 0.405. The summed E-state index contributed by atoms with van der Waals surface area (Å²) in [6.07, 6.45) is 3.26. The van der Waals surface area contributed by atoms with Crippen molar-refractivity contribution in [3.8, 4) is 28.6 Å². The number of aromatic nitrogens is 3. The summed E-state index contributed by atoms with van der Waals surface area (Å²) in [5.41, 5.74) is 2.77. The third-order valence-corrected chi connectivity index (χ3v) is 4.60. The fourth-order valence-corrected chi connectivity index (χ4v) is 3.07. The number of rotatable bonds is 8. The van der Waals surface area contributed by atoms with Crippen LogP contribution in [-0.2, 0) is 6.61 Å². The van der Waals surface area contributed by atoms with Gasteiger partial charge in [-0.1, -0.05) is 60.7 Å². The lowest BCUT2D eigenvalue weighted by Crippen LogP contribution is -2.01. The summed E-state index contributed by atoms with van der Waals surface area (Å²) in [5.74, 6) is 2.31. The Morgan fingerprint density at radius 3 is 2.19 bits per heavy atom. The van der Waals surface area contributed by atoms with Gasteiger partial charge in [0.1, 0.15) is 12.9 Å². The van der Waals surface area contributed by atoms with Crippen LogP contribution in [0.4, 0.5) is 0 Å². The van der Waals surface area contributed by atoms with E-state index in [0.717, 1.165) is 16.7 Å². The van der Waals surface area contributed by atoms with Gasteiger partial charge in [-0.05, 0) is 17.7 Å². The molecule has 0 spiro atoms. The molecule has 1 aromatic heterocycles. The van der Waals surface area contributed by atoms with Gasteiger partial charge in [-0.2, -0.15) is 9.78 Å². The van der Waals surface area contributed by atoms with Gasteiger partial charge in [0.15, 0.2) is 17.3 Å². The van der Waals surface area contributed by atoms with Gasteiger partial charge in [0.05, 0.1) is 20.4 Å². The summed E-state index contributed by atoms with van der Waals surface area (Å²) < 4.78 is 18.7. The number of hydrogen-bond donors (Lipinski definition) is 0. The molecule has 0 radical (unpaired) electrons. The standard InChI is InChI=1S/C24H22N4O3/c1-29-21-13-19(14-22(30-2)23(21)31-16-18-9-5-3-6-10-18)15-26-28-17-25-27-24(28)20-11-7-4-8-12-20/h3-15,17H,16H2,1-2H3/b26-15-. The number of nitrogens with zero attached hydrogens (tertiary/aromatic N) is 4. The van der Waals surface area contributed by atoms with Crippen molar-refractivity contribution in [1.29, 1.82) is 0 Å². The number of benzene rings is 3. The lowest BCUT2D eigenvalue weighted by molar-refractivity contribution is 0.266. The second-order valence-corrected chi connectivity index (χ2v) is 6.64. The second kappa shape index (κ2) is 9.58. The Labute approximate surface area is 180 Å². The average molecular weight is 414 g/mol. The lowest BCUT2D eigenvalue weighted by Gasteiger charge is -2.15. The lowest BCUT2D eigenvalue weighted by atomic mass is 10.2. The van der Waals surface area contributed by atoms with Crippen LogP contribution in [0.2, 0.25) is 0 Å². The highest BCUT2D eigenvalue weighted by atomic mass is 16.5. The van der Waals surface area contributed by atoms with Crippen molar-refractivity contribution in [1.82, 2.24) is 14.9 Å². The van der Waals surface area contributed by atoms with E-state index in [4.69, 9.17) is 14.2 Å². The Bertz CT molecular complexity index is 1130. The monoisotopic (exact) mass is 414 g/mol. The van der Waals surface area contributed by atoms with Crippen LogP contribution in [0.3, 0.4) is 0 Å². The maximum Gasteiger partial charge on any atom is 0.203 e. The van der Waals surface area contributed by atoms with Crippen molar-refractivity contribution >= 4 is 6.21 Å². The van der Waals surface area contributed by atoms with E-state index in [0.29, 0.717) is 29.7 Å². The molecule has 0 N–H and O–H groups in total. The van der Waals surface area contributed by atoms with Gasteiger partial charge in [0.2, 0.25) is 5.75 Å². The molecule has 4 rings (SSSR count). The largest absolute Gasteiger partial charge is 0.493 e. The predicted molar refractivity (Wildman–Crippen MR) is 119 cm³/mol. The van der Waals surface area contributed by atoms with Gasteiger partial charge < -0.3 is 14.2 Å². The summed E-state index contributed by atoms with van der Waals surface area (Å²) in [4.78, 5) is 0. The van der Waals surface area contributed by atoms with Crippen molar-refractivity contribution in [2.24, 2.45) is 5.10 Å².